The average Bonchev–Trinajstić information content (AvgIpc) is 2.85. The summed E-state index contributed by atoms with van der Waals surface area (Å²) in [5.41, 5.74) is 4.90. The molecule has 3 aromatic rings. The highest BCUT2D eigenvalue weighted by molar-refractivity contribution is 7.58. The van der Waals surface area contributed by atoms with E-state index in [-0.39, 0.29) is 0 Å². The average molecular weight is 422 g/mol. The van der Waals surface area contributed by atoms with E-state index in [1.54, 1.807) is 0 Å². The summed E-state index contributed by atoms with van der Waals surface area (Å²) in [5, 5.41) is 4.25. The molecule has 31 heavy (non-hydrogen) atoms. The smallest absolute Gasteiger partial charge is 0.0831 e. The second-order valence-electron chi connectivity index (χ2n) is 7.50. The number of allylic oxidation sites excluding steroid dienone is 9. The van der Waals surface area contributed by atoms with Crippen molar-refractivity contribution in [3.05, 3.63) is 120 Å². The molecule has 1 atom stereocenters. The molecule has 0 heterocycles. The van der Waals surface area contributed by atoms with Crippen molar-refractivity contribution >= 4 is 30.0 Å². The Bertz CT molecular complexity index is 1270. The van der Waals surface area contributed by atoms with Crippen LogP contribution < -0.4 is 5.30 Å². The van der Waals surface area contributed by atoms with E-state index in [0.29, 0.717) is 0 Å². The Morgan fingerprint density at radius 2 is 1.68 bits per heavy atom. The van der Waals surface area contributed by atoms with Gasteiger partial charge in [-0.15, -0.1) is 0 Å². The van der Waals surface area contributed by atoms with Crippen LogP contribution in [0.25, 0.3) is 28.0 Å². The van der Waals surface area contributed by atoms with E-state index in [9.17, 15) is 4.57 Å². The van der Waals surface area contributed by atoms with Crippen molar-refractivity contribution < 1.29 is 4.57 Å². The third-order valence-electron chi connectivity index (χ3n) is 5.52. The van der Waals surface area contributed by atoms with Crippen molar-refractivity contribution in [2.24, 2.45) is 0 Å². The largest absolute Gasteiger partial charge is 0.414 e. The fourth-order valence-electron chi connectivity index (χ4n) is 3.93. The minimum absolute atomic E-state index is 0.857. The van der Waals surface area contributed by atoms with Crippen LogP contribution >= 0.6 is 7.80 Å². The number of benzene rings is 3. The van der Waals surface area contributed by atoms with Crippen LogP contribution in [0.3, 0.4) is 0 Å². The Morgan fingerprint density at radius 1 is 0.903 bits per heavy atom. The summed E-state index contributed by atoms with van der Waals surface area (Å²) in [6, 6.07) is 19.2. The normalized spacial score (nSPS) is 16.5. The van der Waals surface area contributed by atoms with Gasteiger partial charge in [-0.05, 0) is 95.8 Å². The second-order valence-corrected chi connectivity index (χ2v) is 9.12. The van der Waals surface area contributed by atoms with Crippen molar-refractivity contribution in [2.45, 2.75) is 20.3 Å². The van der Waals surface area contributed by atoms with E-state index in [1.165, 1.54) is 27.5 Å². The second kappa shape index (κ2) is 9.69. The van der Waals surface area contributed by atoms with Crippen molar-refractivity contribution in [3.63, 3.8) is 0 Å². The molecule has 0 saturated heterocycles. The molecule has 1 aliphatic carbocycles. The lowest BCUT2D eigenvalue weighted by atomic mass is 9.91. The lowest BCUT2D eigenvalue weighted by Crippen LogP contribution is -1.98. The van der Waals surface area contributed by atoms with Crippen LogP contribution in [0.5, 0.6) is 0 Å². The van der Waals surface area contributed by atoms with Crippen LogP contribution in [-0.2, 0) is 11.0 Å². The molecule has 0 fully saturated rings. The summed E-state index contributed by atoms with van der Waals surface area (Å²) in [6.45, 7) is 3.88. The highest BCUT2D eigenvalue weighted by Gasteiger charge is 2.23. The molecule has 2 bridgehead atoms. The molecule has 0 saturated carbocycles. The van der Waals surface area contributed by atoms with Crippen LogP contribution in [0.4, 0.5) is 0 Å². The van der Waals surface area contributed by atoms with E-state index < -0.39 is 7.80 Å². The number of rotatable bonds is 4. The Hall–Kier alpha value is -3.28. The van der Waals surface area contributed by atoms with E-state index in [4.69, 9.17) is 0 Å². The van der Waals surface area contributed by atoms with Crippen LogP contribution in [-0.4, -0.2) is 0 Å². The molecule has 3 aromatic carbocycles. The molecule has 0 aromatic heterocycles. The number of hydrogen-bond donors (Lipinski definition) is 0. The molecule has 0 N–H and O–H groups in total. The minimum Gasteiger partial charge on any atom is -0.0831 e. The zero-order valence-electron chi connectivity index (χ0n) is 18.0. The van der Waals surface area contributed by atoms with Crippen molar-refractivity contribution in [1.29, 1.82) is 0 Å². The maximum Gasteiger partial charge on any atom is 0.414 e. The summed E-state index contributed by atoms with van der Waals surface area (Å²) < 4.78 is 12.9. The summed E-state index contributed by atoms with van der Waals surface area (Å²) in [4.78, 5) is 0. The highest BCUT2D eigenvalue weighted by atomic mass is 31.1. The lowest BCUT2D eigenvalue weighted by Gasteiger charge is -2.13. The van der Waals surface area contributed by atoms with Gasteiger partial charge >= 0.3 is 7.80 Å². The highest BCUT2D eigenvalue weighted by Crippen LogP contribution is 2.35. The van der Waals surface area contributed by atoms with Crippen molar-refractivity contribution in [2.75, 3.05) is 0 Å². The first kappa shape index (κ1) is 21.0. The molecule has 2 heteroatoms. The van der Waals surface area contributed by atoms with Gasteiger partial charge in [0.2, 0.25) is 0 Å². The first-order chi connectivity index (χ1) is 15.2. The third kappa shape index (κ3) is 4.58. The monoisotopic (exact) mass is 421 g/mol. The van der Waals surface area contributed by atoms with Gasteiger partial charge in [0.25, 0.3) is 0 Å². The fourth-order valence-corrected chi connectivity index (χ4v) is 5.17. The van der Waals surface area contributed by atoms with Gasteiger partial charge in [0.15, 0.2) is 10.6 Å². The van der Waals surface area contributed by atoms with Gasteiger partial charge in [-0.1, -0.05) is 71.4 Å². The van der Waals surface area contributed by atoms with E-state index in [2.05, 4.69) is 78.9 Å². The molecule has 1 unspecified atom stereocenters. The van der Waals surface area contributed by atoms with Gasteiger partial charge in [-0.25, -0.2) is 0 Å². The Morgan fingerprint density at radius 3 is 2.45 bits per heavy atom. The van der Waals surface area contributed by atoms with Crippen LogP contribution in [0.2, 0.25) is 0 Å². The van der Waals surface area contributed by atoms with Gasteiger partial charge in [0.1, 0.15) is 0 Å². The quantitative estimate of drug-likeness (QED) is 0.307. The summed E-state index contributed by atoms with van der Waals surface area (Å²) in [6.07, 6.45) is 19.3. The van der Waals surface area contributed by atoms with Gasteiger partial charge in [0.05, 0.1) is 0 Å². The molecule has 4 rings (SSSR count). The zero-order chi connectivity index (χ0) is 21.6. The van der Waals surface area contributed by atoms with Crippen molar-refractivity contribution in [1.82, 2.24) is 0 Å². The molecule has 0 aliphatic heterocycles. The molecular weight excluding hydrogens is 395 g/mol. The predicted octanol–water partition coefficient (Wildman–Crippen LogP) is 8.12. The fraction of sp³-hybridized carbons (Fsp3) is 0.103. The Balaban J connectivity index is 1.79. The molecule has 1 nitrogen and oxygen atoms in total. The SMILES string of the molecule is C/C=C\C(=C/C)[P+](=O)c1ccc(-c2ccc3ccc4cc3c2C/C=C\C=C\C=C4)cc1. The van der Waals surface area contributed by atoms with Gasteiger partial charge in [-0.2, -0.15) is 0 Å². The lowest BCUT2D eigenvalue weighted by molar-refractivity contribution is 0.597. The summed E-state index contributed by atoms with van der Waals surface area (Å²) >= 11 is 0. The van der Waals surface area contributed by atoms with E-state index in [0.717, 1.165) is 22.6 Å². The van der Waals surface area contributed by atoms with Crippen LogP contribution in [0.1, 0.15) is 25.0 Å². The van der Waals surface area contributed by atoms with Gasteiger partial charge in [0, 0.05) is 0 Å². The molecule has 152 valence electrons. The molecule has 0 spiro atoms. The Kier molecular flexibility index (Phi) is 6.55. The number of fused-ring (bicyclic) bond motifs is 1. The molecular formula is C29H26OP+. The van der Waals surface area contributed by atoms with Crippen molar-refractivity contribution in [3.8, 4) is 11.1 Å². The summed E-state index contributed by atoms with van der Waals surface area (Å²) in [5.74, 6) is 0. The van der Waals surface area contributed by atoms with Crippen LogP contribution in [0, 0.1) is 0 Å². The Labute approximate surface area is 185 Å². The maximum atomic E-state index is 12.9. The molecule has 0 amide bonds. The van der Waals surface area contributed by atoms with E-state index in [1.807, 2.05) is 44.2 Å². The van der Waals surface area contributed by atoms with Gasteiger partial charge in [-0.3, -0.25) is 0 Å². The predicted molar refractivity (Wildman–Crippen MR) is 136 cm³/mol. The zero-order valence-corrected chi connectivity index (χ0v) is 18.8. The topological polar surface area (TPSA) is 17.1 Å². The maximum absolute atomic E-state index is 12.9. The van der Waals surface area contributed by atoms with Crippen LogP contribution in [0.15, 0.2) is 109 Å². The standard InChI is InChI=1S/C29H26OP/c1-3-10-25(4-2)31(30)26-18-15-23(16-19-26)27-20-17-24-14-13-22-11-8-6-5-7-9-12-28(27)29(24)21-22/h3-11,13-21H,12H2,1-2H3/q+1/b6-5+,9-7-,10-3-,11-8?,25-4+. The summed E-state index contributed by atoms with van der Waals surface area (Å²) in [7, 11) is -1.58. The van der Waals surface area contributed by atoms with Gasteiger partial charge < -0.3 is 0 Å². The first-order valence-corrected chi connectivity index (χ1v) is 11.9. The molecule has 1 aliphatic rings. The minimum atomic E-state index is -1.58. The first-order valence-electron chi connectivity index (χ1n) is 10.6. The van der Waals surface area contributed by atoms with E-state index >= 15 is 0 Å². The molecule has 0 radical (unpaired) electrons. The third-order valence-corrected chi connectivity index (χ3v) is 7.16. The number of hydrogen-bond acceptors (Lipinski definition) is 1.